The number of hydrogen-bond acceptors (Lipinski definition) is 3. The molecule has 0 N–H and O–H groups in total. The van der Waals surface area contributed by atoms with Crippen LogP contribution in [0.15, 0.2) is 5.11 Å². The van der Waals surface area contributed by atoms with Crippen molar-refractivity contribution in [3.63, 3.8) is 0 Å². The lowest BCUT2D eigenvalue weighted by Crippen LogP contribution is -2.15. The molecule has 0 saturated carbocycles. The summed E-state index contributed by atoms with van der Waals surface area (Å²) in [6, 6.07) is 0. The van der Waals surface area contributed by atoms with Crippen LogP contribution in [-0.2, 0) is 9.53 Å². The van der Waals surface area contributed by atoms with Gasteiger partial charge < -0.3 is 4.74 Å². The van der Waals surface area contributed by atoms with Gasteiger partial charge in [-0.05, 0) is 25.3 Å². The van der Waals surface area contributed by atoms with Crippen LogP contribution >= 0.6 is 0 Å². The molecule has 0 aromatic heterocycles. The van der Waals surface area contributed by atoms with E-state index in [2.05, 4.69) is 16.9 Å². The fourth-order valence-electron chi connectivity index (χ4n) is 2.21. The molecule has 5 nitrogen and oxygen atoms in total. The highest BCUT2D eigenvalue weighted by Crippen LogP contribution is 2.11. The first kappa shape index (κ1) is 19.8. The van der Waals surface area contributed by atoms with Crippen LogP contribution in [0.2, 0.25) is 0 Å². The van der Waals surface area contributed by atoms with Crippen molar-refractivity contribution >= 4 is 5.97 Å². The van der Waals surface area contributed by atoms with E-state index >= 15 is 0 Å². The van der Waals surface area contributed by atoms with Crippen LogP contribution in [0.1, 0.15) is 84.5 Å². The van der Waals surface area contributed by atoms with Crippen molar-refractivity contribution in [1.29, 1.82) is 0 Å². The minimum absolute atomic E-state index is 0.133. The van der Waals surface area contributed by atoms with Crippen molar-refractivity contribution in [1.82, 2.24) is 0 Å². The molecule has 5 heteroatoms. The number of nitrogens with zero attached hydrogens (tertiary/aromatic N) is 3. The van der Waals surface area contributed by atoms with E-state index in [0.29, 0.717) is 19.4 Å². The predicted octanol–water partition coefficient (Wildman–Crippen LogP) is 5.54. The van der Waals surface area contributed by atoms with E-state index in [4.69, 9.17) is 10.3 Å². The SMILES string of the molecule is CCCCCCCCCCCC(=O)O[C@H](C)CCN=[N+]=[N-]. The monoisotopic (exact) mass is 297 g/mol. The Bertz CT molecular complexity index is 302. The zero-order valence-corrected chi connectivity index (χ0v) is 13.7. The topological polar surface area (TPSA) is 75.1 Å². The predicted molar refractivity (Wildman–Crippen MR) is 86.0 cm³/mol. The van der Waals surface area contributed by atoms with Crippen molar-refractivity contribution in [2.75, 3.05) is 6.54 Å². The minimum atomic E-state index is -0.165. The van der Waals surface area contributed by atoms with E-state index in [-0.39, 0.29) is 12.1 Å². The van der Waals surface area contributed by atoms with E-state index in [9.17, 15) is 4.79 Å². The summed E-state index contributed by atoms with van der Waals surface area (Å²) in [7, 11) is 0. The zero-order chi connectivity index (χ0) is 15.8. The summed E-state index contributed by atoms with van der Waals surface area (Å²) >= 11 is 0. The second-order valence-corrected chi connectivity index (χ2v) is 5.62. The molecule has 122 valence electrons. The van der Waals surface area contributed by atoms with Gasteiger partial charge in [0.2, 0.25) is 0 Å². The fourth-order valence-corrected chi connectivity index (χ4v) is 2.21. The zero-order valence-electron chi connectivity index (χ0n) is 13.7. The summed E-state index contributed by atoms with van der Waals surface area (Å²) in [6.45, 7) is 4.45. The molecular formula is C16H31N3O2. The number of rotatable bonds is 14. The van der Waals surface area contributed by atoms with E-state index < -0.39 is 0 Å². The highest BCUT2D eigenvalue weighted by atomic mass is 16.5. The summed E-state index contributed by atoms with van der Waals surface area (Å²) in [6.07, 6.45) is 12.1. The van der Waals surface area contributed by atoms with Gasteiger partial charge in [-0.2, -0.15) is 0 Å². The second-order valence-electron chi connectivity index (χ2n) is 5.62. The third-order valence-corrected chi connectivity index (χ3v) is 3.52. The van der Waals surface area contributed by atoms with E-state index in [0.717, 1.165) is 12.8 Å². The standard InChI is InChI=1S/C16H31N3O2/c1-3-4-5-6-7-8-9-10-11-12-16(20)21-15(2)13-14-18-19-17/h15H,3-14H2,1-2H3/t15-/m1/s1. The Balaban J connectivity index is 3.35. The van der Waals surface area contributed by atoms with Crippen molar-refractivity contribution in [3.8, 4) is 0 Å². The first-order valence-electron chi connectivity index (χ1n) is 8.41. The van der Waals surface area contributed by atoms with Gasteiger partial charge in [-0.3, -0.25) is 4.79 Å². The average Bonchev–Trinajstić information content (AvgIpc) is 2.45. The van der Waals surface area contributed by atoms with Gasteiger partial charge >= 0.3 is 5.97 Å². The Morgan fingerprint density at radius 1 is 1.10 bits per heavy atom. The highest BCUT2D eigenvalue weighted by molar-refractivity contribution is 5.69. The first-order valence-corrected chi connectivity index (χ1v) is 8.41. The quantitative estimate of drug-likeness (QED) is 0.139. The van der Waals surface area contributed by atoms with Crippen LogP contribution in [-0.4, -0.2) is 18.6 Å². The Morgan fingerprint density at radius 3 is 2.24 bits per heavy atom. The number of hydrogen-bond donors (Lipinski definition) is 0. The number of esters is 1. The van der Waals surface area contributed by atoms with Crippen LogP contribution in [0.4, 0.5) is 0 Å². The smallest absolute Gasteiger partial charge is 0.306 e. The van der Waals surface area contributed by atoms with E-state index in [1.165, 1.54) is 44.9 Å². The lowest BCUT2D eigenvalue weighted by atomic mass is 10.1. The molecule has 0 spiro atoms. The normalized spacial score (nSPS) is 11.7. The lowest BCUT2D eigenvalue weighted by Gasteiger charge is -2.11. The molecule has 0 heterocycles. The van der Waals surface area contributed by atoms with Gasteiger partial charge in [0.05, 0.1) is 6.10 Å². The molecule has 0 fully saturated rings. The number of carbonyl (C=O) groups is 1. The molecule has 0 rings (SSSR count). The van der Waals surface area contributed by atoms with Crippen molar-refractivity contribution in [3.05, 3.63) is 10.4 Å². The molecule has 0 bridgehead atoms. The summed E-state index contributed by atoms with van der Waals surface area (Å²) in [4.78, 5) is 14.2. The molecule has 0 aliphatic rings. The van der Waals surface area contributed by atoms with Crippen molar-refractivity contribution < 1.29 is 9.53 Å². The fraction of sp³-hybridized carbons (Fsp3) is 0.938. The van der Waals surface area contributed by atoms with Gasteiger partial charge in [0.1, 0.15) is 0 Å². The Kier molecular flexibility index (Phi) is 14.3. The molecule has 0 aliphatic heterocycles. The summed E-state index contributed by atoms with van der Waals surface area (Å²) in [5.41, 5.74) is 8.16. The average molecular weight is 297 g/mol. The molecule has 0 unspecified atom stereocenters. The van der Waals surface area contributed by atoms with Gasteiger partial charge in [0.15, 0.2) is 0 Å². The molecule has 0 aromatic carbocycles. The van der Waals surface area contributed by atoms with Crippen molar-refractivity contribution in [2.45, 2.75) is 90.6 Å². The Labute approximate surface area is 129 Å². The third kappa shape index (κ3) is 15.0. The number of azide groups is 1. The molecule has 0 aromatic rings. The molecule has 0 amide bonds. The maximum Gasteiger partial charge on any atom is 0.306 e. The van der Waals surface area contributed by atoms with E-state index in [1.807, 2.05) is 6.92 Å². The Morgan fingerprint density at radius 2 is 1.67 bits per heavy atom. The summed E-state index contributed by atoms with van der Waals surface area (Å²) < 4.78 is 5.25. The van der Waals surface area contributed by atoms with Crippen LogP contribution < -0.4 is 0 Å². The minimum Gasteiger partial charge on any atom is -0.463 e. The number of carbonyl (C=O) groups excluding carboxylic acids is 1. The van der Waals surface area contributed by atoms with Crippen LogP contribution in [0, 0.1) is 0 Å². The molecule has 0 aliphatic carbocycles. The third-order valence-electron chi connectivity index (χ3n) is 3.52. The number of unbranched alkanes of at least 4 members (excludes halogenated alkanes) is 8. The molecular weight excluding hydrogens is 266 g/mol. The Hall–Kier alpha value is -1.22. The number of ether oxygens (including phenoxy) is 1. The van der Waals surface area contributed by atoms with Gasteiger partial charge in [0, 0.05) is 17.9 Å². The largest absolute Gasteiger partial charge is 0.463 e. The van der Waals surface area contributed by atoms with Gasteiger partial charge in [-0.15, -0.1) is 0 Å². The highest BCUT2D eigenvalue weighted by Gasteiger charge is 2.08. The van der Waals surface area contributed by atoms with Crippen LogP contribution in [0.25, 0.3) is 10.4 Å². The van der Waals surface area contributed by atoms with Gasteiger partial charge in [-0.1, -0.05) is 63.4 Å². The molecule has 0 saturated heterocycles. The summed E-state index contributed by atoms with van der Waals surface area (Å²) in [5.74, 6) is -0.133. The second kappa shape index (κ2) is 15.2. The van der Waals surface area contributed by atoms with Crippen LogP contribution in [0.5, 0.6) is 0 Å². The van der Waals surface area contributed by atoms with Crippen molar-refractivity contribution in [2.24, 2.45) is 5.11 Å². The molecule has 1 atom stereocenters. The van der Waals surface area contributed by atoms with Crippen LogP contribution in [0.3, 0.4) is 0 Å². The maximum absolute atomic E-state index is 11.6. The van der Waals surface area contributed by atoms with E-state index in [1.54, 1.807) is 0 Å². The first-order chi connectivity index (χ1) is 10.2. The maximum atomic E-state index is 11.6. The van der Waals surface area contributed by atoms with Gasteiger partial charge in [-0.25, -0.2) is 0 Å². The van der Waals surface area contributed by atoms with Gasteiger partial charge in [0.25, 0.3) is 0 Å². The summed E-state index contributed by atoms with van der Waals surface area (Å²) in [5, 5.41) is 3.43. The molecule has 21 heavy (non-hydrogen) atoms. The lowest BCUT2D eigenvalue weighted by molar-refractivity contribution is -0.148. The molecule has 0 radical (unpaired) electrons.